The molecule has 0 unspecified atom stereocenters. The Labute approximate surface area is 212 Å². The van der Waals surface area contributed by atoms with E-state index in [9.17, 15) is 9.59 Å². The fraction of sp³-hybridized carbons (Fsp3) is 0.600. The predicted octanol–water partition coefficient (Wildman–Crippen LogP) is 2.59. The SMILES string of the molecule is CC[C@@H](OC(=O)CCOC)[C@@]1(C)OC(=O)N(CCCCn2cc(-c3cccc(N)c3)nn2)[C@@H]1[C@@H](C)N. The minimum absolute atomic E-state index is 0.130. The summed E-state index contributed by atoms with van der Waals surface area (Å²) < 4.78 is 18.3. The largest absolute Gasteiger partial charge is 0.458 e. The second-order valence-corrected chi connectivity index (χ2v) is 9.38. The molecule has 1 aromatic heterocycles. The van der Waals surface area contributed by atoms with Gasteiger partial charge in [-0.25, -0.2) is 4.79 Å². The van der Waals surface area contributed by atoms with Crippen LogP contribution in [-0.4, -0.2) is 76.0 Å². The maximum Gasteiger partial charge on any atom is 0.410 e. The number of rotatable bonds is 13. The molecule has 11 heteroatoms. The summed E-state index contributed by atoms with van der Waals surface area (Å²) in [5.41, 5.74) is 13.5. The standard InChI is InChI=1S/C25H38N6O5/c1-5-21(35-22(32)11-14-34-4)25(3)23(17(2)26)31(24(33)36-25)13-7-6-12-30-16-20(28-29-30)18-9-8-10-19(27)15-18/h8-10,15-17,21,23H,5-7,11-14,26-27H2,1-4H3/t17-,21-,23-,25-/m1/s1. The molecule has 0 radical (unpaired) electrons. The van der Waals surface area contributed by atoms with Gasteiger partial charge in [-0.05, 0) is 45.2 Å². The molecule has 4 atom stereocenters. The number of amides is 1. The van der Waals surface area contributed by atoms with Gasteiger partial charge in [-0.3, -0.25) is 14.4 Å². The van der Waals surface area contributed by atoms with Gasteiger partial charge in [-0.2, -0.15) is 0 Å². The molecule has 1 amide bonds. The van der Waals surface area contributed by atoms with Gasteiger partial charge >= 0.3 is 12.1 Å². The van der Waals surface area contributed by atoms with Gasteiger partial charge in [0.2, 0.25) is 0 Å². The number of aromatic nitrogens is 3. The third-order valence-corrected chi connectivity index (χ3v) is 6.51. The van der Waals surface area contributed by atoms with Crippen LogP contribution in [0.4, 0.5) is 10.5 Å². The zero-order chi connectivity index (χ0) is 26.3. The van der Waals surface area contributed by atoms with Crippen LogP contribution < -0.4 is 11.5 Å². The van der Waals surface area contributed by atoms with Gasteiger partial charge in [0.25, 0.3) is 0 Å². The summed E-state index contributed by atoms with van der Waals surface area (Å²) in [6.07, 6.45) is 2.92. The third kappa shape index (κ3) is 6.33. The first-order chi connectivity index (χ1) is 17.2. The Morgan fingerprint density at radius 1 is 1.31 bits per heavy atom. The Morgan fingerprint density at radius 3 is 2.72 bits per heavy atom. The van der Waals surface area contributed by atoms with E-state index in [-0.39, 0.29) is 19.1 Å². The topological polar surface area (TPSA) is 148 Å². The normalized spacial score (nSPS) is 21.3. The number of anilines is 1. The number of nitrogens with zero attached hydrogens (tertiary/aromatic N) is 4. The summed E-state index contributed by atoms with van der Waals surface area (Å²) in [5, 5.41) is 8.43. The molecular formula is C25H38N6O5. The van der Waals surface area contributed by atoms with Gasteiger partial charge in [0.1, 0.15) is 11.8 Å². The van der Waals surface area contributed by atoms with Crippen molar-refractivity contribution in [1.82, 2.24) is 19.9 Å². The molecule has 1 fully saturated rings. The molecule has 0 saturated carbocycles. The Kier molecular flexibility index (Phi) is 9.27. The van der Waals surface area contributed by atoms with E-state index >= 15 is 0 Å². The number of hydrogen-bond donors (Lipinski definition) is 2. The van der Waals surface area contributed by atoms with E-state index in [1.807, 2.05) is 44.3 Å². The lowest BCUT2D eigenvalue weighted by Gasteiger charge is -2.39. The molecule has 1 aliphatic rings. The molecule has 198 valence electrons. The van der Waals surface area contributed by atoms with Crippen LogP contribution in [0.15, 0.2) is 30.5 Å². The number of ether oxygens (including phenoxy) is 3. The van der Waals surface area contributed by atoms with Crippen molar-refractivity contribution in [2.75, 3.05) is 26.0 Å². The van der Waals surface area contributed by atoms with Crippen LogP contribution in [0, 0.1) is 0 Å². The van der Waals surface area contributed by atoms with E-state index in [0.717, 1.165) is 17.7 Å². The first-order valence-electron chi connectivity index (χ1n) is 12.4. The van der Waals surface area contributed by atoms with Crippen LogP contribution in [0.3, 0.4) is 0 Å². The summed E-state index contributed by atoms with van der Waals surface area (Å²) >= 11 is 0. The Balaban J connectivity index is 1.59. The van der Waals surface area contributed by atoms with Crippen molar-refractivity contribution in [3.8, 4) is 11.3 Å². The van der Waals surface area contributed by atoms with Crippen molar-refractivity contribution in [1.29, 1.82) is 0 Å². The van der Waals surface area contributed by atoms with Crippen LogP contribution in [-0.2, 0) is 25.5 Å². The van der Waals surface area contributed by atoms with Gasteiger partial charge in [0.15, 0.2) is 5.60 Å². The number of nitrogen functional groups attached to an aromatic ring is 1. The first kappa shape index (κ1) is 27.4. The van der Waals surface area contributed by atoms with Gasteiger partial charge in [0, 0.05) is 37.5 Å². The monoisotopic (exact) mass is 502 g/mol. The van der Waals surface area contributed by atoms with Crippen molar-refractivity contribution in [3.63, 3.8) is 0 Å². The summed E-state index contributed by atoms with van der Waals surface area (Å²) in [6.45, 7) is 6.90. The molecule has 11 nitrogen and oxygen atoms in total. The lowest BCUT2D eigenvalue weighted by atomic mass is 9.84. The van der Waals surface area contributed by atoms with E-state index in [4.69, 9.17) is 25.7 Å². The van der Waals surface area contributed by atoms with Crippen molar-refractivity contribution in [2.45, 2.75) is 76.8 Å². The van der Waals surface area contributed by atoms with Gasteiger partial charge in [0.05, 0.1) is 25.3 Å². The summed E-state index contributed by atoms with van der Waals surface area (Å²) in [7, 11) is 1.52. The predicted molar refractivity (Wildman–Crippen MR) is 135 cm³/mol. The highest BCUT2D eigenvalue weighted by atomic mass is 16.6. The van der Waals surface area contributed by atoms with Crippen molar-refractivity contribution in [2.24, 2.45) is 5.73 Å². The summed E-state index contributed by atoms with van der Waals surface area (Å²) in [4.78, 5) is 26.8. The fourth-order valence-electron chi connectivity index (χ4n) is 4.83. The highest BCUT2D eigenvalue weighted by Crippen LogP contribution is 2.37. The average Bonchev–Trinajstić information content (AvgIpc) is 3.41. The number of esters is 1. The molecule has 2 aromatic rings. The minimum Gasteiger partial charge on any atom is -0.458 e. The molecule has 0 spiro atoms. The van der Waals surface area contributed by atoms with Crippen LogP contribution in [0.5, 0.6) is 0 Å². The second kappa shape index (κ2) is 12.2. The van der Waals surface area contributed by atoms with E-state index < -0.39 is 29.8 Å². The third-order valence-electron chi connectivity index (χ3n) is 6.51. The molecule has 3 rings (SSSR count). The van der Waals surface area contributed by atoms with Crippen molar-refractivity contribution in [3.05, 3.63) is 30.5 Å². The maximum absolute atomic E-state index is 12.9. The van der Waals surface area contributed by atoms with Crippen molar-refractivity contribution >= 4 is 17.7 Å². The van der Waals surface area contributed by atoms with Crippen LogP contribution in [0.1, 0.15) is 46.5 Å². The van der Waals surface area contributed by atoms with Crippen LogP contribution >= 0.6 is 0 Å². The quantitative estimate of drug-likeness (QED) is 0.239. The van der Waals surface area contributed by atoms with Gasteiger partial charge < -0.3 is 25.7 Å². The lowest BCUT2D eigenvalue weighted by Crippen LogP contribution is -2.59. The smallest absolute Gasteiger partial charge is 0.410 e. The van der Waals surface area contributed by atoms with Gasteiger partial charge in [-0.1, -0.05) is 24.3 Å². The van der Waals surface area contributed by atoms with E-state index in [1.54, 1.807) is 16.5 Å². The molecule has 4 N–H and O–H groups in total. The second-order valence-electron chi connectivity index (χ2n) is 9.38. The number of unbranched alkanes of at least 4 members (excludes halogenated alkanes) is 1. The Morgan fingerprint density at radius 2 is 2.06 bits per heavy atom. The number of cyclic esters (lactones) is 1. The number of carbonyl (C=O) groups is 2. The molecule has 36 heavy (non-hydrogen) atoms. The first-order valence-corrected chi connectivity index (χ1v) is 12.4. The number of carbonyl (C=O) groups excluding carboxylic acids is 2. The highest BCUT2D eigenvalue weighted by molar-refractivity contribution is 5.73. The Bertz CT molecular complexity index is 1030. The molecule has 0 aliphatic carbocycles. The van der Waals surface area contributed by atoms with Crippen molar-refractivity contribution < 1.29 is 23.8 Å². The molecule has 1 saturated heterocycles. The molecule has 2 heterocycles. The zero-order valence-electron chi connectivity index (χ0n) is 21.6. The summed E-state index contributed by atoms with van der Waals surface area (Å²) in [6, 6.07) is 6.68. The lowest BCUT2D eigenvalue weighted by molar-refractivity contribution is -0.164. The average molecular weight is 503 g/mol. The number of hydrogen-bond acceptors (Lipinski definition) is 9. The molecule has 1 aliphatic heterocycles. The number of methoxy groups -OCH3 is 1. The molecule has 0 bridgehead atoms. The van der Waals surface area contributed by atoms with E-state index in [1.165, 1.54) is 7.11 Å². The van der Waals surface area contributed by atoms with E-state index in [2.05, 4.69) is 10.3 Å². The fourth-order valence-corrected chi connectivity index (χ4v) is 4.83. The number of benzene rings is 1. The van der Waals surface area contributed by atoms with E-state index in [0.29, 0.717) is 31.6 Å². The highest BCUT2D eigenvalue weighted by Gasteiger charge is 2.57. The molecule has 1 aromatic carbocycles. The number of nitrogens with two attached hydrogens (primary N) is 2. The van der Waals surface area contributed by atoms with Gasteiger partial charge in [-0.15, -0.1) is 5.10 Å². The van der Waals surface area contributed by atoms with Crippen LogP contribution in [0.2, 0.25) is 0 Å². The maximum atomic E-state index is 12.9. The minimum atomic E-state index is -1.05. The molecular weight excluding hydrogens is 464 g/mol. The number of aryl methyl sites for hydroxylation is 1. The zero-order valence-corrected chi connectivity index (χ0v) is 21.6. The summed E-state index contributed by atoms with van der Waals surface area (Å²) in [5.74, 6) is -0.395. The Hall–Kier alpha value is -3.18. The van der Waals surface area contributed by atoms with Crippen LogP contribution in [0.25, 0.3) is 11.3 Å².